The average Bonchev–Trinajstić information content (AvgIpc) is 2.23. The summed E-state index contributed by atoms with van der Waals surface area (Å²) in [5.41, 5.74) is 0. The molecular formula is C7H2BrF3O2. The zero-order valence-electron chi connectivity index (χ0n) is 5.98. The highest BCUT2D eigenvalue weighted by atomic mass is 79.9. The van der Waals surface area contributed by atoms with Crippen LogP contribution >= 0.6 is 15.9 Å². The highest BCUT2D eigenvalue weighted by Crippen LogP contribution is 2.44. The Kier molecular flexibility index (Phi) is 1.69. The van der Waals surface area contributed by atoms with Crippen molar-refractivity contribution in [1.29, 1.82) is 0 Å². The number of alkyl halides is 2. The minimum atomic E-state index is -3.77. The largest absolute Gasteiger partial charge is 0.586 e. The van der Waals surface area contributed by atoms with Gasteiger partial charge in [0, 0.05) is 4.47 Å². The van der Waals surface area contributed by atoms with E-state index in [1.165, 1.54) is 6.07 Å². The summed E-state index contributed by atoms with van der Waals surface area (Å²) in [4.78, 5) is 0. The fraction of sp³-hybridized carbons (Fsp3) is 0.143. The summed E-state index contributed by atoms with van der Waals surface area (Å²) in [6, 6.07) is 2.23. The van der Waals surface area contributed by atoms with E-state index in [-0.39, 0.29) is 5.75 Å². The van der Waals surface area contributed by atoms with Gasteiger partial charge >= 0.3 is 6.29 Å². The van der Waals surface area contributed by atoms with E-state index in [1.807, 2.05) is 0 Å². The third-order valence-electron chi connectivity index (χ3n) is 1.42. The predicted molar refractivity (Wildman–Crippen MR) is 40.3 cm³/mol. The highest BCUT2D eigenvalue weighted by Gasteiger charge is 2.45. The van der Waals surface area contributed by atoms with Gasteiger partial charge in [-0.2, -0.15) is 0 Å². The minimum absolute atomic E-state index is 0.308. The van der Waals surface area contributed by atoms with Gasteiger partial charge in [0.15, 0.2) is 11.6 Å². The van der Waals surface area contributed by atoms with Gasteiger partial charge in [0.05, 0.1) is 0 Å². The normalized spacial score (nSPS) is 17.5. The molecule has 0 N–H and O–H groups in total. The van der Waals surface area contributed by atoms with Crippen LogP contribution in [0.3, 0.4) is 0 Å². The Bertz CT molecular complexity index is 367. The second-order valence-corrected chi connectivity index (χ2v) is 3.30. The number of ether oxygens (including phenoxy) is 2. The summed E-state index contributed by atoms with van der Waals surface area (Å²) in [5, 5.41) is 0. The number of rotatable bonds is 0. The topological polar surface area (TPSA) is 18.5 Å². The maximum absolute atomic E-state index is 12.9. The quantitative estimate of drug-likeness (QED) is 0.709. The molecule has 0 radical (unpaired) electrons. The van der Waals surface area contributed by atoms with Crippen LogP contribution in [0.4, 0.5) is 13.2 Å². The molecule has 13 heavy (non-hydrogen) atoms. The highest BCUT2D eigenvalue weighted by molar-refractivity contribution is 9.10. The van der Waals surface area contributed by atoms with E-state index in [4.69, 9.17) is 0 Å². The van der Waals surface area contributed by atoms with Gasteiger partial charge in [-0.3, -0.25) is 0 Å². The fourth-order valence-corrected chi connectivity index (χ4v) is 1.39. The molecule has 2 nitrogen and oxygen atoms in total. The van der Waals surface area contributed by atoms with Crippen molar-refractivity contribution >= 4 is 15.9 Å². The Morgan fingerprint density at radius 3 is 2.62 bits per heavy atom. The molecule has 1 heterocycles. The maximum Gasteiger partial charge on any atom is 0.586 e. The standard InChI is InChI=1S/C7H2BrF3O2/c8-3-1-4(9)6-5(2-3)12-7(10,11)13-6/h1-2H. The Balaban J connectivity index is 2.52. The van der Waals surface area contributed by atoms with Gasteiger partial charge in [0.25, 0.3) is 0 Å². The van der Waals surface area contributed by atoms with Crippen molar-refractivity contribution < 1.29 is 22.6 Å². The van der Waals surface area contributed by atoms with Crippen molar-refractivity contribution in [3.8, 4) is 11.5 Å². The zero-order valence-corrected chi connectivity index (χ0v) is 7.57. The van der Waals surface area contributed by atoms with Crippen molar-refractivity contribution in [2.24, 2.45) is 0 Å². The molecule has 6 heteroatoms. The van der Waals surface area contributed by atoms with E-state index >= 15 is 0 Å². The van der Waals surface area contributed by atoms with Gasteiger partial charge in [0.1, 0.15) is 0 Å². The smallest absolute Gasteiger partial charge is 0.395 e. The second-order valence-electron chi connectivity index (χ2n) is 2.38. The molecule has 1 aliphatic rings. The van der Waals surface area contributed by atoms with E-state index < -0.39 is 17.9 Å². The number of benzene rings is 1. The van der Waals surface area contributed by atoms with Crippen molar-refractivity contribution in [1.82, 2.24) is 0 Å². The second kappa shape index (κ2) is 2.54. The summed E-state index contributed by atoms with van der Waals surface area (Å²) in [7, 11) is 0. The van der Waals surface area contributed by atoms with Gasteiger partial charge in [-0.15, -0.1) is 8.78 Å². The Labute approximate surface area is 79.4 Å². The molecule has 1 aromatic rings. The van der Waals surface area contributed by atoms with Crippen molar-refractivity contribution in [3.05, 3.63) is 22.4 Å². The third kappa shape index (κ3) is 1.46. The fourth-order valence-electron chi connectivity index (χ4n) is 0.979. The summed E-state index contributed by atoms with van der Waals surface area (Å²) in [6.07, 6.45) is -3.77. The van der Waals surface area contributed by atoms with Crippen LogP contribution in [0, 0.1) is 5.82 Å². The Morgan fingerprint density at radius 1 is 1.23 bits per heavy atom. The molecule has 0 spiro atoms. The summed E-state index contributed by atoms with van der Waals surface area (Å²) in [6.45, 7) is 0. The van der Waals surface area contributed by atoms with Crippen molar-refractivity contribution in [2.45, 2.75) is 6.29 Å². The molecule has 70 valence electrons. The van der Waals surface area contributed by atoms with Crippen LogP contribution < -0.4 is 9.47 Å². The van der Waals surface area contributed by atoms with Gasteiger partial charge in [0.2, 0.25) is 5.75 Å². The van der Waals surface area contributed by atoms with Crippen LogP contribution in [0.2, 0.25) is 0 Å². The first kappa shape index (κ1) is 8.68. The molecule has 1 aromatic carbocycles. The Morgan fingerprint density at radius 2 is 1.92 bits per heavy atom. The van der Waals surface area contributed by atoms with Crippen LogP contribution in [0.15, 0.2) is 16.6 Å². The maximum atomic E-state index is 12.9. The van der Waals surface area contributed by atoms with E-state index in [0.717, 1.165) is 6.07 Å². The minimum Gasteiger partial charge on any atom is -0.395 e. The average molecular weight is 255 g/mol. The van der Waals surface area contributed by atoms with E-state index in [9.17, 15) is 13.2 Å². The third-order valence-corrected chi connectivity index (χ3v) is 1.88. The van der Waals surface area contributed by atoms with Crippen LogP contribution in [0.25, 0.3) is 0 Å². The molecule has 0 aliphatic carbocycles. The lowest BCUT2D eigenvalue weighted by Gasteiger charge is -2.04. The number of fused-ring (bicyclic) bond motifs is 1. The van der Waals surface area contributed by atoms with E-state index in [0.29, 0.717) is 4.47 Å². The number of hydrogen-bond donors (Lipinski definition) is 0. The molecule has 0 saturated carbocycles. The Hall–Kier alpha value is -0.910. The van der Waals surface area contributed by atoms with Crippen molar-refractivity contribution in [3.63, 3.8) is 0 Å². The predicted octanol–water partition coefficient (Wildman–Crippen LogP) is 2.91. The molecule has 0 unspecified atom stereocenters. The lowest BCUT2D eigenvalue weighted by atomic mass is 10.3. The number of hydrogen-bond acceptors (Lipinski definition) is 2. The van der Waals surface area contributed by atoms with Gasteiger partial charge < -0.3 is 9.47 Å². The molecule has 1 aliphatic heterocycles. The zero-order chi connectivity index (χ0) is 9.64. The van der Waals surface area contributed by atoms with E-state index in [1.54, 1.807) is 0 Å². The number of halogens is 4. The van der Waals surface area contributed by atoms with Crippen LogP contribution in [-0.2, 0) is 0 Å². The van der Waals surface area contributed by atoms with Gasteiger partial charge in [-0.25, -0.2) is 4.39 Å². The first-order valence-corrected chi connectivity index (χ1v) is 4.02. The summed E-state index contributed by atoms with van der Waals surface area (Å²) in [5.74, 6) is -1.76. The summed E-state index contributed by atoms with van der Waals surface area (Å²) >= 11 is 2.93. The molecule has 2 rings (SSSR count). The summed E-state index contributed by atoms with van der Waals surface area (Å²) < 4.78 is 46.0. The first-order valence-electron chi connectivity index (χ1n) is 3.23. The molecule has 0 bridgehead atoms. The van der Waals surface area contributed by atoms with Crippen molar-refractivity contribution in [2.75, 3.05) is 0 Å². The molecule has 0 atom stereocenters. The monoisotopic (exact) mass is 254 g/mol. The van der Waals surface area contributed by atoms with Crippen LogP contribution in [0.5, 0.6) is 11.5 Å². The molecular weight excluding hydrogens is 253 g/mol. The van der Waals surface area contributed by atoms with Crippen LogP contribution in [-0.4, -0.2) is 6.29 Å². The molecule has 0 saturated heterocycles. The van der Waals surface area contributed by atoms with Gasteiger partial charge in [-0.05, 0) is 12.1 Å². The molecule has 0 fully saturated rings. The van der Waals surface area contributed by atoms with E-state index in [2.05, 4.69) is 25.4 Å². The van der Waals surface area contributed by atoms with Gasteiger partial charge in [-0.1, -0.05) is 15.9 Å². The molecule has 0 amide bonds. The van der Waals surface area contributed by atoms with Crippen LogP contribution in [0.1, 0.15) is 0 Å². The SMILES string of the molecule is Fc1cc(Br)cc2c1OC(F)(F)O2. The lowest BCUT2D eigenvalue weighted by Crippen LogP contribution is -2.26. The first-order chi connectivity index (χ1) is 5.98. The molecule has 0 aromatic heterocycles. The lowest BCUT2D eigenvalue weighted by molar-refractivity contribution is -0.287.